The van der Waals surface area contributed by atoms with E-state index in [0.717, 1.165) is 6.07 Å². The van der Waals surface area contributed by atoms with Crippen molar-refractivity contribution in [2.24, 2.45) is 0 Å². The van der Waals surface area contributed by atoms with Crippen LogP contribution in [-0.4, -0.2) is 19.2 Å². The van der Waals surface area contributed by atoms with E-state index in [-0.39, 0.29) is 16.0 Å². The lowest BCUT2D eigenvalue weighted by molar-refractivity contribution is 0.580. The normalized spacial score (nSPS) is 11.2. The fourth-order valence-corrected chi connectivity index (χ4v) is 2.80. The number of nitrogens with one attached hydrogen (secondary N) is 1. The molecule has 4 nitrogen and oxygen atoms in total. The Kier molecular flexibility index (Phi) is 5.07. The molecule has 7 heteroatoms. The molecule has 1 aromatic rings. The highest BCUT2D eigenvalue weighted by Gasteiger charge is 2.12. The second-order valence-corrected chi connectivity index (χ2v) is 5.92. The van der Waals surface area contributed by atoms with Gasteiger partial charge in [0.1, 0.15) is 4.60 Å². The van der Waals surface area contributed by atoms with Crippen molar-refractivity contribution in [2.75, 3.05) is 10.5 Å². The van der Waals surface area contributed by atoms with Gasteiger partial charge in [-0.3, -0.25) is 4.72 Å². The minimum atomic E-state index is -3.43. The molecule has 0 aliphatic rings. The number of rotatable bonds is 6. The van der Waals surface area contributed by atoms with Crippen LogP contribution in [-0.2, 0) is 10.0 Å². The van der Waals surface area contributed by atoms with Gasteiger partial charge in [0.05, 0.1) is 11.4 Å². The van der Waals surface area contributed by atoms with Crippen LogP contribution >= 0.6 is 15.9 Å². The molecule has 0 saturated carbocycles. The number of hydrogen-bond donors (Lipinski definition) is 1. The summed E-state index contributed by atoms with van der Waals surface area (Å²) in [6.07, 6.45) is 2.78. The molecule has 0 unspecified atom stereocenters. The van der Waals surface area contributed by atoms with Gasteiger partial charge in [0.25, 0.3) is 0 Å². The molecule has 1 N–H and O–H groups in total. The Hall–Kier alpha value is -0.950. The number of sulfonamides is 1. The van der Waals surface area contributed by atoms with Gasteiger partial charge in [-0.15, -0.1) is 6.58 Å². The van der Waals surface area contributed by atoms with Gasteiger partial charge in [0.2, 0.25) is 16.0 Å². The Balaban J connectivity index is 2.72. The fraction of sp³-hybridized carbons (Fsp3) is 0.300. The van der Waals surface area contributed by atoms with Gasteiger partial charge in [-0.1, -0.05) is 6.08 Å². The molecule has 0 bridgehead atoms. The monoisotopic (exact) mass is 322 g/mol. The largest absolute Gasteiger partial charge is 0.281 e. The van der Waals surface area contributed by atoms with Gasteiger partial charge >= 0.3 is 0 Å². The van der Waals surface area contributed by atoms with E-state index < -0.39 is 16.0 Å². The van der Waals surface area contributed by atoms with E-state index >= 15 is 0 Å². The summed E-state index contributed by atoms with van der Waals surface area (Å²) in [7, 11) is -3.43. The molecule has 0 saturated heterocycles. The van der Waals surface area contributed by atoms with Crippen molar-refractivity contribution < 1.29 is 12.8 Å². The maximum absolute atomic E-state index is 12.7. The Morgan fingerprint density at radius 3 is 2.82 bits per heavy atom. The van der Waals surface area contributed by atoms with Gasteiger partial charge < -0.3 is 0 Å². The summed E-state index contributed by atoms with van der Waals surface area (Å²) in [4.78, 5) is 3.46. The fourth-order valence-electron chi connectivity index (χ4n) is 1.12. The first-order chi connectivity index (χ1) is 7.94. The maximum Gasteiger partial charge on any atom is 0.232 e. The van der Waals surface area contributed by atoms with Gasteiger partial charge in [-0.2, -0.15) is 4.39 Å². The highest BCUT2D eigenvalue weighted by molar-refractivity contribution is 9.10. The molecule has 1 aromatic heterocycles. The molecule has 0 spiro atoms. The second-order valence-electron chi connectivity index (χ2n) is 3.32. The number of aromatic nitrogens is 1. The van der Waals surface area contributed by atoms with Crippen molar-refractivity contribution in [3.63, 3.8) is 0 Å². The van der Waals surface area contributed by atoms with Crippen LogP contribution < -0.4 is 4.72 Å². The summed E-state index contributed by atoms with van der Waals surface area (Å²) in [6, 6.07) is 2.41. The van der Waals surface area contributed by atoms with Crippen molar-refractivity contribution in [1.29, 1.82) is 0 Å². The number of unbranched alkanes of at least 4 members (excludes halogenated alkanes) is 1. The van der Waals surface area contributed by atoms with Crippen LogP contribution in [0.15, 0.2) is 29.4 Å². The lowest BCUT2D eigenvalue weighted by Crippen LogP contribution is -2.17. The molecule has 1 heterocycles. The number of allylic oxidation sites excluding steroid dienone is 1. The van der Waals surface area contributed by atoms with E-state index in [1.54, 1.807) is 6.08 Å². The lowest BCUT2D eigenvalue weighted by Gasteiger charge is -2.08. The number of anilines is 1. The van der Waals surface area contributed by atoms with E-state index in [9.17, 15) is 12.8 Å². The molecule has 0 aliphatic carbocycles. The molecule has 0 fully saturated rings. The zero-order chi connectivity index (χ0) is 12.9. The van der Waals surface area contributed by atoms with E-state index in [4.69, 9.17) is 0 Å². The molecule has 0 aliphatic heterocycles. The topological polar surface area (TPSA) is 59.1 Å². The quantitative estimate of drug-likeness (QED) is 0.497. The van der Waals surface area contributed by atoms with Crippen molar-refractivity contribution >= 4 is 31.6 Å². The third-order valence-electron chi connectivity index (χ3n) is 1.90. The van der Waals surface area contributed by atoms with Crippen molar-refractivity contribution in [2.45, 2.75) is 12.8 Å². The second kappa shape index (κ2) is 6.11. The molecule has 0 aromatic carbocycles. The van der Waals surface area contributed by atoms with E-state index in [1.807, 2.05) is 0 Å². The molecule has 0 amide bonds. The average molecular weight is 323 g/mol. The highest BCUT2D eigenvalue weighted by Crippen LogP contribution is 2.21. The zero-order valence-corrected chi connectivity index (χ0v) is 11.4. The Labute approximate surface area is 108 Å². The molecular weight excluding hydrogens is 311 g/mol. The van der Waals surface area contributed by atoms with Crippen molar-refractivity contribution in [3.8, 4) is 0 Å². The van der Waals surface area contributed by atoms with Crippen molar-refractivity contribution in [1.82, 2.24) is 4.98 Å². The van der Waals surface area contributed by atoms with Crippen LogP contribution in [0.25, 0.3) is 0 Å². The SMILES string of the molecule is C=CCCCS(=O)(=O)Nc1ccc(F)nc1Br. The summed E-state index contributed by atoms with van der Waals surface area (Å²) < 4.78 is 38.4. The molecular formula is C10H12BrFN2O2S. The Morgan fingerprint density at radius 2 is 2.24 bits per heavy atom. The first-order valence-electron chi connectivity index (χ1n) is 4.88. The first kappa shape index (κ1) is 14.1. The zero-order valence-electron chi connectivity index (χ0n) is 8.99. The smallest absolute Gasteiger partial charge is 0.232 e. The number of nitrogens with zero attached hydrogens (tertiary/aromatic N) is 1. The summed E-state index contributed by atoms with van der Waals surface area (Å²) >= 11 is 2.99. The third-order valence-corrected chi connectivity index (χ3v) is 3.86. The predicted octanol–water partition coefficient (Wildman–Crippen LogP) is 2.69. The predicted molar refractivity (Wildman–Crippen MR) is 68.7 cm³/mol. The summed E-state index contributed by atoms with van der Waals surface area (Å²) in [5, 5.41) is 0. The molecule has 94 valence electrons. The van der Waals surface area contributed by atoms with Gasteiger partial charge in [-0.05, 0) is 40.9 Å². The van der Waals surface area contributed by atoms with Crippen LogP contribution in [0.5, 0.6) is 0 Å². The van der Waals surface area contributed by atoms with Crippen LogP contribution in [0, 0.1) is 5.95 Å². The Bertz CT molecular complexity index is 505. The number of hydrogen-bond acceptors (Lipinski definition) is 3. The molecule has 0 radical (unpaired) electrons. The number of halogens is 2. The summed E-state index contributed by atoms with van der Waals surface area (Å²) in [5.41, 5.74) is 0.227. The molecule has 1 rings (SSSR count). The van der Waals surface area contributed by atoms with Crippen LogP contribution in [0.2, 0.25) is 0 Å². The summed E-state index contributed by atoms with van der Waals surface area (Å²) in [5.74, 6) is -0.686. The van der Waals surface area contributed by atoms with Gasteiger partial charge in [0.15, 0.2) is 0 Å². The van der Waals surface area contributed by atoms with E-state index in [2.05, 4.69) is 32.2 Å². The first-order valence-corrected chi connectivity index (χ1v) is 7.32. The lowest BCUT2D eigenvalue weighted by atomic mass is 10.3. The van der Waals surface area contributed by atoms with E-state index in [1.165, 1.54) is 6.07 Å². The van der Waals surface area contributed by atoms with Gasteiger partial charge in [0, 0.05) is 0 Å². The number of pyridine rings is 1. The van der Waals surface area contributed by atoms with Crippen LogP contribution in [0.3, 0.4) is 0 Å². The standard InChI is InChI=1S/C10H12BrFN2O2S/c1-2-3-4-7-17(15,16)14-8-5-6-9(12)13-10(8)11/h2,5-6,14H,1,3-4,7H2. The average Bonchev–Trinajstić information content (AvgIpc) is 2.22. The Morgan fingerprint density at radius 1 is 1.53 bits per heavy atom. The molecule has 0 atom stereocenters. The third kappa shape index (κ3) is 4.82. The van der Waals surface area contributed by atoms with Crippen LogP contribution in [0.4, 0.5) is 10.1 Å². The van der Waals surface area contributed by atoms with E-state index in [0.29, 0.717) is 12.8 Å². The van der Waals surface area contributed by atoms with Gasteiger partial charge in [-0.25, -0.2) is 13.4 Å². The highest BCUT2D eigenvalue weighted by atomic mass is 79.9. The maximum atomic E-state index is 12.7. The van der Waals surface area contributed by atoms with Crippen LogP contribution in [0.1, 0.15) is 12.8 Å². The molecule has 17 heavy (non-hydrogen) atoms. The minimum absolute atomic E-state index is 0.0111. The summed E-state index contributed by atoms with van der Waals surface area (Å²) in [6.45, 7) is 3.51. The van der Waals surface area contributed by atoms with Crippen molar-refractivity contribution in [3.05, 3.63) is 35.3 Å². The minimum Gasteiger partial charge on any atom is -0.281 e.